The predicted molar refractivity (Wildman–Crippen MR) is 162 cm³/mol. The number of nitriles is 1. The molecule has 4 rings (SSSR count). The molecule has 0 unspecified atom stereocenters. The molecular weight excluding hydrogens is 538 g/mol. The molecule has 0 atom stereocenters. The van der Waals surface area contributed by atoms with Gasteiger partial charge in [-0.1, -0.05) is 25.5 Å². The summed E-state index contributed by atoms with van der Waals surface area (Å²) in [4.78, 5) is 17.6. The maximum absolute atomic E-state index is 13.2. The molecule has 0 bridgehead atoms. The van der Waals surface area contributed by atoms with Gasteiger partial charge in [0.15, 0.2) is 0 Å². The van der Waals surface area contributed by atoms with Crippen molar-refractivity contribution < 1.29 is 17.9 Å². The smallest absolute Gasteiger partial charge is 0.322 e. The van der Waals surface area contributed by atoms with Gasteiger partial charge in [0, 0.05) is 43.6 Å². The second-order valence-electron chi connectivity index (χ2n) is 10.3. The van der Waals surface area contributed by atoms with E-state index in [-0.39, 0.29) is 12.1 Å². The number of unbranched alkanes of at least 4 members (excludes halogenated alkanes) is 1. The average Bonchev–Trinajstić information content (AvgIpc) is 2.96. The van der Waals surface area contributed by atoms with E-state index in [0.29, 0.717) is 28.4 Å². The number of nitrogens with zero attached hydrogens (tertiary/aromatic N) is 3. The molecule has 9 nitrogen and oxygen atoms in total. The van der Waals surface area contributed by atoms with Crippen molar-refractivity contribution in [3.63, 3.8) is 0 Å². The van der Waals surface area contributed by atoms with Crippen molar-refractivity contribution in [2.24, 2.45) is 0 Å². The zero-order valence-electron chi connectivity index (χ0n) is 23.5. The van der Waals surface area contributed by atoms with Crippen LogP contribution in [0.25, 0.3) is 0 Å². The first kappa shape index (κ1) is 29.9. The summed E-state index contributed by atoms with van der Waals surface area (Å²) in [5, 5.41) is 12.0. The monoisotopic (exact) mass is 575 g/mol. The number of piperidine rings is 1. The summed E-state index contributed by atoms with van der Waals surface area (Å²) in [6, 6.07) is 23.9. The van der Waals surface area contributed by atoms with Crippen LogP contribution in [0.3, 0.4) is 0 Å². The van der Waals surface area contributed by atoms with Crippen LogP contribution in [0.1, 0.15) is 43.7 Å². The Labute approximate surface area is 242 Å². The van der Waals surface area contributed by atoms with E-state index in [0.717, 1.165) is 58.1 Å². The molecule has 2 amide bonds. The molecule has 10 heteroatoms. The maximum Gasteiger partial charge on any atom is 0.322 e. The summed E-state index contributed by atoms with van der Waals surface area (Å²) in [6.45, 7) is 5.49. The summed E-state index contributed by atoms with van der Waals surface area (Å²) in [6.07, 6.45) is 4.91. The number of likely N-dealkylation sites (tertiary alicyclic amines) is 1. The van der Waals surface area contributed by atoms with Crippen LogP contribution in [0.5, 0.6) is 11.5 Å². The number of amides is 2. The van der Waals surface area contributed by atoms with Crippen molar-refractivity contribution >= 4 is 27.4 Å². The molecule has 0 spiro atoms. The number of carbonyl (C=O) groups excluding carboxylic acids is 1. The Morgan fingerprint density at radius 3 is 2.12 bits per heavy atom. The first-order chi connectivity index (χ1) is 19.7. The summed E-state index contributed by atoms with van der Waals surface area (Å²) in [5.41, 5.74) is 2.93. The third kappa shape index (κ3) is 9.23. The zero-order valence-corrected chi connectivity index (χ0v) is 24.4. The van der Waals surface area contributed by atoms with Crippen molar-refractivity contribution in [3.05, 3.63) is 83.9 Å². The standard InChI is InChI=1S/C31H37N5O4S/c1-3-4-19-36(31(37)33-26-9-5-24(22-32)6-10-26)28-17-20-35(21-18-28)23-25-7-13-29(14-8-25)40-30-15-11-27(12-16-30)34-41(2,38)39/h5-16,28,34H,3-4,17-21,23H2,1-2H3,(H,33,37). The highest BCUT2D eigenvalue weighted by Crippen LogP contribution is 2.25. The molecule has 1 heterocycles. The number of anilines is 2. The molecule has 216 valence electrons. The van der Waals surface area contributed by atoms with E-state index in [4.69, 9.17) is 10.00 Å². The minimum absolute atomic E-state index is 0.0847. The summed E-state index contributed by atoms with van der Waals surface area (Å²) in [7, 11) is -3.32. The molecule has 0 radical (unpaired) electrons. The van der Waals surface area contributed by atoms with Crippen LogP contribution in [-0.4, -0.2) is 56.2 Å². The third-order valence-electron chi connectivity index (χ3n) is 7.00. The molecule has 3 aromatic rings. The zero-order chi connectivity index (χ0) is 29.2. The summed E-state index contributed by atoms with van der Waals surface area (Å²) >= 11 is 0. The highest BCUT2D eigenvalue weighted by atomic mass is 32.2. The number of benzene rings is 3. The van der Waals surface area contributed by atoms with Crippen molar-refractivity contribution in [3.8, 4) is 17.6 Å². The van der Waals surface area contributed by atoms with E-state index in [9.17, 15) is 13.2 Å². The lowest BCUT2D eigenvalue weighted by atomic mass is 10.0. The Bertz CT molecular complexity index is 1430. The number of ether oxygens (including phenoxy) is 1. The number of hydrogen-bond acceptors (Lipinski definition) is 6. The minimum atomic E-state index is -3.32. The van der Waals surface area contributed by atoms with Crippen molar-refractivity contribution in [1.82, 2.24) is 9.80 Å². The van der Waals surface area contributed by atoms with Crippen LogP contribution in [0, 0.1) is 11.3 Å². The molecule has 41 heavy (non-hydrogen) atoms. The van der Waals surface area contributed by atoms with Crippen LogP contribution >= 0.6 is 0 Å². The molecule has 0 aliphatic carbocycles. The summed E-state index contributed by atoms with van der Waals surface area (Å²) < 4.78 is 31.1. The van der Waals surface area contributed by atoms with Crippen LogP contribution < -0.4 is 14.8 Å². The second-order valence-corrected chi connectivity index (χ2v) is 12.1. The highest BCUT2D eigenvalue weighted by Gasteiger charge is 2.27. The number of nitrogens with one attached hydrogen (secondary N) is 2. The number of urea groups is 1. The van der Waals surface area contributed by atoms with Gasteiger partial charge in [-0.05, 0) is 85.5 Å². The quantitative estimate of drug-likeness (QED) is 0.289. The Balaban J connectivity index is 1.27. The van der Waals surface area contributed by atoms with Gasteiger partial charge in [-0.2, -0.15) is 5.26 Å². The summed E-state index contributed by atoms with van der Waals surface area (Å²) in [5.74, 6) is 1.32. The molecule has 0 aromatic heterocycles. The van der Waals surface area contributed by atoms with Gasteiger partial charge in [0.2, 0.25) is 10.0 Å². The Kier molecular flexibility index (Phi) is 10.2. The van der Waals surface area contributed by atoms with E-state index in [1.165, 1.54) is 5.56 Å². The molecular formula is C31H37N5O4S. The molecule has 2 N–H and O–H groups in total. The van der Waals surface area contributed by atoms with E-state index >= 15 is 0 Å². The molecule has 1 saturated heterocycles. The Hall–Kier alpha value is -4.07. The largest absolute Gasteiger partial charge is 0.457 e. The number of sulfonamides is 1. The molecule has 1 aliphatic heterocycles. The fourth-order valence-electron chi connectivity index (χ4n) is 4.85. The van der Waals surface area contributed by atoms with E-state index in [2.05, 4.69) is 40.1 Å². The van der Waals surface area contributed by atoms with Crippen molar-refractivity contribution in [1.29, 1.82) is 5.26 Å². The molecule has 3 aromatic carbocycles. The van der Waals surface area contributed by atoms with Gasteiger partial charge in [0.25, 0.3) is 0 Å². The van der Waals surface area contributed by atoms with E-state index in [1.54, 1.807) is 48.5 Å². The fourth-order valence-corrected chi connectivity index (χ4v) is 5.42. The fraction of sp³-hybridized carbons (Fsp3) is 0.355. The number of hydrogen-bond donors (Lipinski definition) is 2. The van der Waals surface area contributed by atoms with Crippen LogP contribution in [0.4, 0.5) is 16.2 Å². The first-order valence-electron chi connectivity index (χ1n) is 13.9. The lowest BCUT2D eigenvalue weighted by Crippen LogP contribution is -2.49. The van der Waals surface area contributed by atoms with Crippen molar-refractivity contribution in [2.75, 3.05) is 35.9 Å². The predicted octanol–water partition coefficient (Wildman–Crippen LogP) is 6.02. The van der Waals surface area contributed by atoms with E-state index in [1.807, 2.05) is 17.0 Å². The van der Waals surface area contributed by atoms with Crippen LogP contribution in [0.2, 0.25) is 0 Å². The lowest BCUT2D eigenvalue weighted by molar-refractivity contribution is 0.122. The van der Waals surface area contributed by atoms with Gasteiger partial charge in [0.1, 0.15) is 11.5 Å². The van der Waals surface area contributed by atoms with Gasteiger partial charge in [0.05, 0.1) is 17.9 Å². The Morgan fingerprint density at radius 2 is 1.56 bits per heavy atom. The van der Waals surface area contributed by atoms with Crippen molar-refractivity contribution in [2.45, 2.75) is 45.2 Å². The topological polar surface area (TPSA) is 115 Å². The minimum Gasteiger partial charge on any atom is -0.457 e. The number of rotatable bonds is 11. The first-order valence-corrected chi connectivity index (χ1v) is 15.8. The van der Waals surface area contributed by atoms with Gasteiger partial charge in [-0.15, -0.1) is 0 Å². The Morgan fingerprint density at radius 1 is 0.976 bits per heavy atom. The van der Waals surface area contributed by atoms with Gasteiger partial charge in [-0.3, -0.25) is 9.62 Å². The third-order valence-corrected chi connectivity index (χ3v) is 7.61. The molecule has 1 aliphatic rings. The van der Waals surface area contributed by atoms with E-state index < -0.39 is 10.0 Å². The highest BCUT2D eigenvalue weighted by molar-refractivity contribution is 7.92. The lowest BCUT2D eigenvalue weighted by Gasteiger charge is -2.38. The van der Waals surface area contributed by atoms with Gasteiger partial charge < -0.3 is 15.0 Å². The van der Waals surface area contributed by atoms with Gasteiger partial charge >= 0.3 is 6.03 Å². The number of carbonyl (C=O) groups is 1. The molecule has 0 saturated carbocycles. The van der Waals surface area contributed by atoms with Crippen LogP contribution in [0.15, 0.2) is 72.8 Å². The van der Waals surface area contributed by atoms with Crippen LogP contribution in [-0.2, 0) is 16.6 Å². The van der Waals surface area contributed by atoms with Gasteiger partial charge in [-0.25, -0.2) is 13.2 Å². The average molecular weight is 576 g/mol. The second kappa shape index (κ2) is 14.0. The molecule has 1 fully saturated rings. The SMILES string of the molecule is CCCCN(C(=O)Nc1ccc(C#N)cc1)C1CCN(Cc2ccc(Oc3ccc(NS(C)(=O)=O)cc3)cc2)CC1. The normalized spacial score (nSPS) is 14.2. The maximum atomic E-state index is 13.2.